The summed E-state index contributed by atoms with van der Waals surface area (Å²) in [5.74, 6) is -0.988. The maximum Gasteiger partial charge on any atom is 0.271 e. The van der Waals surface area contributed by atoms with Gasteiger partial charge in [-0.05, 0) is 45.7 Å². The van der Waals surface area contributed by atoms with Crippen molar-refractivity contribution in [1.82, 2.24) is 10.2 Å². The molecule has 0 bridgehead atoms. The fourth-order valence-corrected chi connectivity index (χ4v) is 4.81. The van der Waals surface area contributed by atoms with Crippen molar-refractivity contribution in [3.05, 3.63) is 63.7 Å². The van der Waals surface area contributed by atoms with E-state index in [0.717, 1.165) is 27.8 Å². The molecule has 0 heterocycles. The van der Waals surface area contributed by atoms with E-state index in [9.17, 15) is 28.1 Å². The number of benzene rings is 2. The van der Waals surface area contributed by atoms with Crippen LogP contribution in [-0.4, -0.2) is 61.5 Å². The van der Waals surface area contributed by atoms with E-state index in [2.05, 4.69) is 5.32 Å². The average Bonchev–Trinajstić information content (AvgIpc) is 2.80. The summed E-state index contributed by atoms with van der Waals surface area (Å²) >= 11 is 0. The third-order valence-electron chi connectivity index (χ3n) is 5.64. The Hall–Kier alpha value is -3.67. The number of ether oxygens (including phenoxy) is 1. The summed E-state index contributed by atoms with van der Waals surface area (Å²) < 4.78 is 31.7. The van der Waals surface area contributed by atoms with E-state index >= 15 is 0 Å². The molecule has 12 heteroatoms. The minimum Gasteiger partial charge on any atom is -0.495 e. The van der Waals surface area contributed by atoms with Crippen molar-refractivity contribution >= 4 is 33.2 Å². The number of carbonyl (C=O) groups is 2. The third kappa shape index (κ3) is 8.17. The highest BCUT2D eigenvalue weighted by Gasteiger charge is 2.34. The first kappa shape index (κ1) is 30.6. The van der Waals surface area contributed by atoms with Crippen LogP contribution >= 0.6 is 0 Å². The molecule has 2 amide bonds. The molecule has 0 fully saturated rings. The summed E-state index contributed by atoms with van der Waals surface area (Å²) in [6.45, 7) is 8.50. The quantitative estimate of drug-likeness (QED) is 0.335. The van der Waals surface area contributed by atoms with Crippen LogP contribution < -0.4 is 14.4 Å². The lowest BCUT2D eigenvalue weighted by Crippen LogP contribution is -2.55. The third-order valence-corrected chi connectivity index (χ3v) is 6.77. The minimum absolute atomic E-state index is 0.0385. The Labute approximate surface area is 224 Å². The van der Waals surface area contributed by atoms with Gasteiger partial charge in [-0.2, -0.15) is 0 Å². The lowest BCUT2D eigenvalue weighted by Gasteiger charge is -2.34. The molecule has 2 aromatic carbocycles. The Bertz CT molecular complexity index is 1290. The van der Waals surface area contributed by atoms with Gasteiger partial charge >= 0.3 is 0 Å². The average molecular weight is 549 g/mol. The van der Waals surface area contributed by atoms with Gasteiger partial charge < -0.3 is 15.0 Å². The standard InChI is InChI=1S/C26H36N4O7S/c1-8-21(25(32)27-26(3,4)5)28(16-19-11-9-10-18(2)14-19)24(31)17-29(38(7,35)36)22-15-20(30(33)34)12-13-23(22)37-6/h9-15,21H,8,16-17H2,1-7H3,(H,27,32)/t21-/m0/s1. The smallest absolute Gasteiger partial charge is 0.271 e. The van der Waals surface area contributed by atoms with Crippen molar-refractivity contribution in [3.8, 4) is 5.75 Å². The molecule has 0 aliphatic heterocycles. The maximum atomic E-state index is 13.8. The number of hydrogen-bond acceptors (Lipinski definition) is 7. The van der Waals surface area contributed by atoms with Crippen molar-refractivity contribution in [1.29, 1.82) is 0 Å². The molecular weight excluding hydrogens is 512 g/mol. The van der Waals surface area contributed by atoms with E-state index in [1.165, 1.54) is 24.1 Å². The van der Waals surface area contributed by atoms with E-state index in [-0.39, 0.29) is 36.0 Å². The number of nitrogens with zero attached hydrogens (tertiary/aromatic N) is 3. The lowest BCUT2D eigenvalue weighted by atomic mass is 10.0. The molecule has 0 spiro atoms. The van der Waals surface area contributed by atoms with Crippen LogP contribution in [0.4, 0.5) is 11.4 Å². The predicted molar refractivity (Wildman–Crippen MR) is 146 cm³/mol. The van der Waals surface area contributed by atoms with Gasteiger partial charge in [-0.25, -0.2) is 8.42 Å². The first-order valence-electron chi connectivity index (χ1n) is 12.0. The van der Waals surface area contributed by atoms with E-state index in [1.54, 1.807) is 6.92 Å². The molecule has 208 valence electrons. The number of non-ortho nitro benzene ring substituents is 1. The fraction of sp³-hybridized carbons (Fsp3) is 0.462. The minimum atomic E-state index is -4.10. The van der Waals surface area contributed by atoms with Crippen LogP contribution in [0.5, 0.6) is 5.75 Å². The predicted octanol–water partition coefficient (Wildman–Crippen LogP) is 3.40. The van der Waals surface area contributed by atoms with Crippen LogP contribution in [-0.2, 0) is 26.2 Å². The molecule has 0 aliphatic carbocycles. The zero-order valence-corrected chi connectivity index (χ0v) is 23.7. The van der Waals surface area contributed by atoms with Crippen LogP contribution in [0.3, 0.4) is 0 Å². The van der Waals surface area contributed by atoms with Gasteiger partial charge in [0.15, 0.2) is 0 Å². The number of nitro groups is 1. The Morgan fingerprint density at radius 3 is 2.32 bits per heavy atom. The van der Waals surface area contributed by atoms with Crippen LogP contribution in [0.1, 0.15) is 45.2 Å². The van der Waals surface area contributed by atoms with E-state index < -0.39 is 39.0 Å². The Balaban J connectivity index is 2.58. The second-order valence-corrected chi connectivity index (χ2v) is 12.0. The van der Waals surface area contributed by atoms with Gasteiger partial charge in [0.25, 0.3) is 5.69 Å². The summed E-state index contributed by atoms with van der Waals surface area (Å²) in [4.78, 5) is 39.1. The Morgan fingerprint density at radius 1 is 1.16 bits per heavy atom. The van der Waals surface area contributed by atoms with Gasteiger partial charge in [0.1, 0.15) is 24.0 Å². The van der Waals surface area contributed by atoms with Crippen LogP contribution in [0.25, 0.3) is 0 Å². The van der Waals surface area contributed by atoms with Crippen LogP contribution in [0.2, 0.25) is 0 Å². The number of nitrogens with one attached hydrogen (secondary N) is 1. The summed E-state index contributed by atoms with van der Waals surface area (Å²) in [6, 6.07) is 10.0. The van der Waals surface area contributed by atoms with E-state index in [4.69, 9.17) is 4.74 Å². The number of rotatable bonds is 11. The number of sulfonamides is 1. The SMILES string of the molecule is CC[C@@H](C(=O)NC(C)(C)C)N(Cc1cccc(C)c1)C(=O)CN(c1cc([N+](=O)[O-])ccc1OC)S(C)(=O)=O. The van der Waals surface area contributed by atoms with Crippen molar-refractivity contribution in [2.45, 2.75) is 59.2 Å². The Morgan fingerprint density at radius 2 is 1.82 bits per heavy atom. The molecule has 2 aromatic rings. The number of nitro benzene ring substituents is 1. The van der Waals surface area contributed by atoms with Crippen LogP contribution in [0, 0.1) is 17.0 Å². The molecule has 2 rings (SSSR count). The first-order valence-corrected chi connectivity index (χ1v) is 13.9. The lowest BCUT2D eigenvalue weighted by molar-refractivity contribution is -0.384. The van der Waals surface area contributed by atoms with Gasteiger partial charge in [-0.1, -0.05) is 36.8 Å². The van der Waals surface area contributed by atoms with Gasteiger partial charge in [-0.3, -0.25) is 24.0 Å². The van der Waals surface area contributed by atoms with Crippen molar-refractivity contribution in [2.24, 2.45) is 0 Å². The highest BCUT2D eigenvalue weighted by Crippen LogP contribution is 2.34. The normalized spacial score (nSPS) is 12.4. The van der Waals surface area contributed by atoms with Crippen LogP contribution in [0.15, 0.2) is 42.5 Å². The number of hydrogen-bond donors (Lipinski definition) is 1. The van der Waals surface area contributed by atoms with Crippen molar-refractivity contribution < 1.29 is 27.7 Å². The molecule has 0 saturated carbocycles. The maximum absolute atomic E-state index is 13.8. The molecule has 1 N–H and O–H groups in total. The topological polar surface area (TPSA) is 139 Å². The van der Waals surface area contributed by atoms with Gasteiger partial charge in [-0.15, -0.1) is 0 Å². The number of carbonyl (C=O) groups excluding carboxylic acids is 2. The largest absolute Gasteiger partial charge is 0.495 e. The summed E-state index contributed by atoms with van der Waals surface area (Å²) in [7, 11) is -2.81. The second-order valence-electron chi connectivity index (χ2n) is 10.1. The number of amides is 2. The summed E-state index contributed by atoms with van der Waals surface area (Å²) in [5, 5.41) is 14.3. The van der Waals surface area contributed by atoms with E-state index in [1.807, 2.05) is 52.0 Å². The van der Waals surface area contributed by atoms with Gasteiger partial charge in [0.2, 0.25) is 21.8 Å². The zero-order chi connectivity index (χ0) is 28.8. The van der Waals surface area contributed by atoms with Gasteiger partial charge in [0.05, 0.1) is 18.3 Å². The molecule has 0 aromatic heterocycles. The van der Waals surface area contributed by atoms with Crippen molar-refractivity contribution in [3.63, 3.8) is 0 Å². The molecule has 1 atom stereocenters. The fourth-order valence-electron chi connectivity index (χ4n) is 3.96. The van der Waals surface area contributed by atoms with E-state index in [0.29, 0.717) is 0 Å². The summed E-state index contributed by atoms with van der Waals surface area (Å²) in [6.07, 6.45) is 1.17. The molecular formula is C26H36N4O7S. The summed E-state index contributed by atoms with van der Waals surface area (Å²) in [5.41, 5.74) is 0.646. The molecule has 0 saturated heterocycles. The zero-order valence-electron chi connectivity index (χ0n) is 22.8. The number of anilines is 1. The number of methoxy groups -OCH3 is 1. The first-order chi connectivity index (χ1) is 17.6. The molecule has 0 radical (unpaired) electrons. The number of aryl methyl sites for hydroxylation is 1. The van der Waals surface area contributed by atoms with Gasteiger partial charge in [0, 0.05) is 24.2 Å². The monoisotopic (exact) mass is 548 g/mol. The van der Waals surface area contributed by atoms with Crippen molar-refractivity contribution in [2.75, 3.05) is 24.2 Å². The molecule has 0 unspecified atom stereocenters. The second kappa shape index (κ2) is 12.2. The molecule has 11 nitrogen and oxygen atoms in total. The Kier molecular flexibility index (Phi) is 9.85. The highest BCUT2D eigenvalue weighted by atomic mass is 32.2. The highest BCUT2D eigenvalue weighted by molar-refractivity contribution is 7.92. The molecule has 0 aliphatic rings. The molecule has 38 heavy (non-hydrogen) atoms.